The molecule has 3 aromatic rings. The average Bonchev–Trinajstić information content (AvgIpc) is 3.26. The molecule has 1 aliphatic rings. The predicted octanol–water partition coefficient (Wildman–Crippen LogP) is 3.60. The summed E-state index contributed by atoms with van der Waals surface area (Å²) in [4.78, 5) is 15.8. The van der Waals surface area contributed by atoms with Crippen LogP contribution in [0, 0.1) is 5.82 Å². The van der Waals surface area contributed by atoms with Crippen molar-refractivity contribution in [2.75, 3.05) is 0 Å². The second-order valence-corrected chi connectivity index (χ2v) is 5.36. The molecular weight excluding hydrogens is 287 g/mol. The Labute approximate surface area is 124 Å². The summed E-state index contributed by atoms with van der Waals surface area (Å²) < 4.78 is 19.1. The van der Waals surface area contributed by atoms with Gasteiger partial charge >= 0.3 is 5.97 Å². The van der Waals surface area contributed by atoms with Crippen molar-refractivity contribution in [1.82, 2.24) is 10.1 Å². The monoisotopic (exact) mass is 298 g/mol. The van der Waals surface area contributed by atoms with Crippen LogP contribution in [0.4, 0.5) is 4.39 Å². The van der Waals surface area contributed by atoms with E-state index in [2.05, 4.69) is 10.1 Å². The summed E-state index contributed by atoms with van der Waals surface area (Å²) in [6.45, 7) is 0. The summed E-state index contributed by atoms with van der Waals surface area (Å²) in [5.41, 5.74) is 1.28. The second kappa shape index (κ2) is 4.62. The van der Waals surface area contributed by atoms with Gasteiger partial charge in [-0.15, -0.1) is 0 Å². The zero-order valence-corrected chi connectivity index (χ0v) is 11.4. The number of carboxylic acids is 1. The van der Waals surface area contributed by atoms with Crippen molar-refractivity contribution in [3.8, 4) is 11.3 Å². The molecule has 1 aromatic carbocycles. The Bertz CT molecular complexity index is 900. The van der Waals surface area contributed by atoms with Gasteiger partial charge in [-0.25, -0.2) is 14.2 Å². The first kappa shape index (κ1) is 12.9. The van der Waals surface area contributed by atoms with Crippen LogP contribution in [0.25, 0.3) is 22.4 Å². The summed E-state index contributed by atoms with van der Waals surface area (Å²) in [7, 11) is 0. The fourth-order valence-electron chi connectivity index (χ4n) is 2.58. The van der Waals surface area contributed by atoms with E-state index in [0.717, 1.165) is 12.8 Å². The molecule has 0 aliphatic heterocycles. The summed E-state index contributed by atoms with van der Waals surface area (Å²) >= 11 is 0. The van der Waals surface area contributed by atoms with E-state index >= 15 is 0 Å². The lowest BCUT2D eigenvalue weighted by atomic mass is 10.0. The van der Waals surface area contributed by atoms with Gasteiger partial charge in [0.2, 0.25) is 0 Å². The van der Waals surface area contributed by atoms with Crippen LogP contribution in [0.5, 0.6) is 0 Å². The zero-order valence-electron chi connectivity index (χ0n) is 11.4. The number of hydrogen-bond donors (Lipinski definition) is 1. The molecule has 1 aliphatic carbocycles. The Morgan fingerprint density at radius 1 is 1.32 bits per heavy atom. The minimum Gasteiger partial charge on any atom is -0.478 e. The number of carboxylic acid groups (broad SMARTS) is 1. The van der Waals surface area contributed by atoms with Crippen molar-refractivity contribution >= 4 is 17.1 Å². The van der Waals surface area contributed by atoms with Crippen LogP contribution in [-0.4, -0.2) is 21.2 Å². The van der Waals surface area contributed by atoms with E-state index in [4.69, 9.17) is 4.52 Å². The van der Waals surface area contributed by atoms with E-state index in [1.807, 2.05) is 0 Å². The molecule has 0 unspecified atom stereocenters. The molecule has 1 saturated carbocycles. The highest BCUT2D eigenvalue weighted by atomic mass is 19.1. The third-order valence-corrected chi connectivity index (χ3v) is 3.82. The molecule has 0 saturated heterocycles. The minimum absolute atomic E-state index is 0.0476. The average molecular weight is 298 g/mol. The third-order valence-electron chi connectivity index (χ3n) is 3.82. The number of rotatable bonds is 3. The van der Waals surface area contributed by atoms with Crippen LogP contribution in [0.3, 0.4) is 0 Å². The van der Waals surface area contributed by atoms with Gasteiger partial charge in [0.25, 0.3) is 5.71 Å². The van der Waals surface area contributed by atoms with E-state index in [9.17, 15) is 14.3 Å². The van der Waals surface area contributed by atoms with Gasteiger partial charge in [-0.2, -0.15) is 0 Å². The van der Waals surface area contributed by atoms with Gasteiger partial charge in [0.05, 0.1) is 22.3 Å². The number of pyridine rings is 1. The number of carbonyl (C=O) groups is 1. The quantitative estimate of drug-likeness (QED) is 0.799. The molecule has 0 spiro atoms. The Hall–Kier alpha value is -2.76. The van der Waals surface area contributed by atoms with E-state index in [1.165, 1.54) is 12.1 Å². The topological polar surface area (TPSA) is 76.2 Å². The summed E-state index contributed by atoms with van der Waals surface area (Å²) in [6.07, 6.45) is 1.94. The lowest BCUT2D eigenvalue weighted by molar-refractivity contribution is 0.0699. The molecule has 0 bridgehead atoms. The Morgan fingerprint density at radius 3 is 2.77 bits per heavy atom. The maximum atomic E-state index is 13.9. The first-order valence-electron chi connectivity index (χ1n) is 6.93. The smallest absolute Gasteiger partial charge is 0.336 e. The number of hydrogen-bond acceptors (Lipinski definition) is 4. The molecule has 0 radical (unpaired) electrons. The van der Waals surface area contributed by atoms with E-state index in [-0.39, 0.29) is 28.5 Å². The highest BCUT2D eigenvalue weighted by Gasteiger charge is 2.32. The van der Waals surface area contributed by atoms with E-state index in [1.54, 1.807) is 18.2 Å². The highest BCUT2D eigenvalue weighted by molar-refractivity contribution is 6.03. The Balaban J connectivity index is 1.99. The van der Waals surface area contributed by atoms with Crippen molar-refractivity contribution in [3.63, 3.8) is 0 Å². The van der Waals surface area contributed by atoms with Crippen LogP contribution in [-0.2, 0) is 0 Å². The van der Waals surface area contributed by atoms with Crippen molar-refractivity contribution in [1.29, 1.82) is 0 Å². The lowest BCUT2D eigenvalue weighted by Gasteiger charge is -2.05. The van der Waals surface area contributed by atoms with Crippen molar-refractivity contribution < 1.29 is 18.8 Å². The summed E-state index contributed by atoms with van der Waals surface area (Å²) in [6, 6.07) is 7.47. The van der Waals surface area contributed by atoms with Gasteiger partial charge in [-0.05, 0) is 31.0 Å². The normalized spacial score (nSPS) is 14.4. The number of aromatic nitrogens is 2. The van der Waals surface area contributed by atoms with Gasteiger partial charge in [0.1, 0.15) is 5.82 Å². The summed E-state index contributed by atoms with van der Waals surface area (Å²) in [5, 5.41) is 13.9. The van der Waals surface area contributed by atoms with Gasteiger partial charge in [0.15, 0.2) is 0 Å². The number of aromatic carboxylic acids is 1. The molecular formula is C16H11FN2O3. The Kier molecular flexibility index (Phi) is 2.72. The first-order chi connectivity index (χ1) is 10.6. The number of benzene rings is 1. The van der Waals surface area contributed by atoms with Gasteiger partial charge in [-0.1, -0.05) is 17.3 Å². The van der Waals surface area contributed by atoms with Gasteiger partial charge in [0, 0.05) is 11.5 Å². The highest BCUT2D eigenvalue weighted by Crippen LogP contribution is 2.43. The molecule has 4 rings (SSSR count). The molecule has 1 N–H and O–H groups in total. The van der Waals surface area contributed by atoms with Gasteiger partial charge < -0.3 is 9.63 Å². The minimum atomic E-state index is -1.10. The number of nitrogens with zero attached hydrogens (tertiary/aromatic N) is 2. The van der Waals surface area contributed by atoms with Crippen LogP contribution in [0.1, 0.15) is 34.8 Å². The van der Waals surface area contributed by atoms with Crippen LogP contribution in [0.15, 0.2) is 34.9 Å². The molecule has 0 amide bonds. The number of fused-ring (bicyclic) bond motifs is 1. The second-order valence-electron chi connectivity index (χ2n) is 5.36. The molecule has 110 valence electrons. The Morgan fingerprint density at radius 2 is 2.09 bits per heavy atom. The molecule has 22 heavy (non-hydrogen) atoms. The third kappa shape index (κ3) is 1.95. The van der Waals surface area contributed by atoms with Crippen molar-refractivity contribution in [2.24, 2.45) is 0 Å². The molecule has 2 aromatic heterocycles. The molecule has 1 fully saturated rings. The molecule has 6 heteroatoms. The molecule has 0 atom stereocenters. The zero-order chi connectivity index (χ0) is 15.3. The maximum absolute atomic E-state index is 13.9. The fourth-order valence-corrected chi connectivity index (χ4v) is 2.58. The van der Waals surface area contributed by atoms with E-state index < -0.39 is 11.8 Å². The fraction of sp³-hybridized carbons (Fsp3) is 0.188. The largest absolute Gasteiger partial charge is 0.478 e. The van der Waals surface area contributed by atoms with Crippen LogP contribution >= 0.6 is 0 Å². The van der Waals surface area contributed by atoms with E-state index in [0.29, 0.717) is 11.1 Å². The van der Waals surface area contributed by atoms with Crippen LogP contribution in [0.2, 0.25) is 0 Å². The van der Waals surface area contributed by atoms with Crippen molar-refractivity contribution in [2.45, 2.75) is 18.8 Å². The maximum Gasteiger partial charge on any atom is 0.336 e. The molecule has 2 heterocycles. The lowest BCUT2D eigenvalue weighted by Crippen LogP contribution is -2.01. The predicted molar refractivity (Wildman–Crippen MR) is 76.1 cm³/mol. The summed E-state index contributed by atoms with van der Waals surface area (Å²) in [5.74, 6) is -1.33. The standard InChI is InChI=1S/C16H11FN2O3/c17-11-4-2-1-3-9(11)12-7-10(16(20)21)13-14(8-5-6-8)19-22-15(13)18-12/h1-4,7-8H,5-6H2,(H,20,21). The number of halogens is 1. The van der Waals surface area contributed by atoms with Gasteiger partial charge in [-0.3, -0.25) is 0 Å². The van der Waals surface area contributed by atoms with Crippen molar-refractivity contribution in [3.05, 3.63) is 47.4 Å². The van der Waals surface area contributed by atoms with Crippen LogP contribution < -0.4 is 0 Å². The SMILES string of the molecule is O=C(O)c1cc(-c2ccccc2F)nc2onc(C3CC3)c12. The first-order valence-corrected chi connectivity index (χ1v) is 6.93. The molecule has 5 nitrogen and oxygen atoms in total.